The minimum absolute atomic E-state index is 0.0883. The number of fused-ring (bicyclic) bond motifs is 1. The molecule has 1 atom stereocenters. The minimum atomic E-state index is -0.995. The standard InChI is InChI=1S/C25H19FN2O4/c26-17-6-3-7-18(14-17)28-22(19-8-1-2-11-27-19)21(24(30)25(28)31)23(29)16-9-10-20-15(13-16)5-4-12-32-20/h1-3,6-11,13-14,22,29H,4-5,12H2/b23-21-. The van der Waals surface area contributed by atoms with Gasteiger partial charge in [-0.25, -0.2) is 4.39 Å². The number of Topliss-reactive ketones (excluding diaryl/α,β-unsaturated/α-hetero) is 1. The number of aliphatic hydroxyl groups excluding tert-OH is 1. The van der Waals surface area contributed by atoms with E-state index in [9.17, 15) is 19.1 Å². The summed E-state index contributed by atoms with van der Waals surface area (Å²) in [5, 5.41) is 11.2. The number of ether oxygens (including phenoxy) is 1. The molecule has 2 aliphatic heterocycles. The molecule has 0 radical (unpaired) electrons. The van der Waals surface area contributed by atoms with Crippen LogP contribution in [-0.4, -0.2) is 28.4 Å². The van der Waals surface area contributed by atoms with E-state index in [1.165, 1.54) is 29.3 Å². The van der Waals surface area contributed by atoms with E-state index in [4.69, 9.17) is 4.74 Å². The van der Waals surface area contributed by atoms with E-state index < -0.39 is 23.5 Å². The van der Waals surface area contributed by atoms with Gasteiger partial charge in [-0.3, -0.25) is 19.5 Å². The smallest absolute Gasteiger partial charge is 0.300 e. The van der Waals surface area contributed by atoms with Gasteiger partial charge in [-0.15, -0.1) is 0 Å². The summed E-state index contributed by atoms with van der Waals surface area (Å²) >= 11 is 0. The molecule has 1 unspecified atom stereocenters. The van der Waals surface area contributed by atoms with Crippen LogP contribution in [0.1, 0.15) is 29.3 Å². The highest BCUT2D eigenvalue weighted by atomic mass is 19.1. The summed E-state index contributed by atoms with van der Waals surface area (Å²) in [6.45, 7) is 0.636. The van der Waals surface area contributed by atoms with Crippen molar-refractivity contribution in [3.8, 4) is 5.75 Å². The number of benzene rings is 2. The van der Waals surface area contributed by atoms with E-state index in [1.54, 1.807) is 42.5 Å². The molecular weight excluding hydrogens is 411 g/mol. The predicted molar refractivity (Wildman–Crippen MR) is 116 cm³/mol. The highest BCUT2D eigenvalue weighted by molar-refractivity contribution is 6.51. The predicted octanol–water partition coefficient (Wildman–Crippen LogP) is 4.17. The molecule has 1 fully saturated rings. The Morgan fingerprint density at radius 2 is 1.97 bits per heavy atom. The first-order chi connectivity index (χ1) is 15.5. The second kappa shape index (κ2) is 7.92. The van der Waals surface area contributed by atoms with Gasteiger partial charge in [0.2, 0.25) is 0 Å². The molecule has 160 valence electrons. The van der Waals surface area contributed by atoms with Gasteiger partial charge in [0.05, 0.1) is 17.9 Å². The Bertz CT molecular complexity index is 1260. The number of rotatable bonds is 3. The van der Waals surface area contributed by atoms with Crippen LogP contribution < -0.4 is 9.64 Å². The fourth-order valence-electron chi connectivity index (χ4n) is 4.21. The summed E-state index contributed by atoms with van der Waals surface area (Å²) in [5.41, 5.74) is 1.84. The molecule has 5 rings (SSSR count). The van der Waals surface area contributed by atoms with Gasteiger partial charge < -0.3 is 9.84 Å². The maximum Gasteiger partial charge on any atom is 0.300 e. The lowest BCUT2D eigenvalue weighted by Crippen LogP contribution is -2.29. The lowest BCUT2D eigenvalue weighted by Gasteiger charge is -2.24. The van der Waals surface area contributed by atoms with Gasteiger partial charge in [-0.05, 0) is 66.9 Å². The second-order valence-electron chi connectivity index (χ2n) is 7.68. The van der Waals surface area contributed by atoms with Crippen molar-refractivity contribution in [1.82, 2.24) is 4.98 Å². The molecule has 2 aromatic carbocycles. The van der Waals surface area contributed by atoms with Crippen molar-refractivity contribution in [1.29, 1.82) is 0 Å². The number of pyridine rings is 1. The van der Waals surface area contributed by atoms with Crippen molar-refractivity contribution in [2.24, 2.45) is 0 Å². The van der Waals surface area contributed by atoms with Crippen molar-refractivity contribution in [3.05, 3.63) is 95.1 Å². The molecular formula is C25H19FN2O4. The van der Waals surface area contributed by atoms with E-state index >= 15 is 0 Å². The Kier molecular flexibility index (Phi) is 4.93. The number of nitrogens with zero attached hydrogens (tertiary/aromatic N) is 2. The Morgan fingerprint density at radius 3 is 2.75 bits per heavy atom. The number of hydrogen-bond acceptors (Lipinski definition) is 5. The van der Waals surface area contributed by atoms with Crippen molar-refractivity contribution >= 4 is 23.1 Å². The zero-order valence-electron chi connectivity index (χ0n) is 17.0. The van der Waals surface area contributed by atoms with Gasteiger partial charge in [-0.1, -0.05) is 12.1 Å². The number of anilines is 1. The van der Waals surface area contributed by atoms with E-state index in [0.29, 0.717) is 17.9 Å². The summed E-state index contributed by atoms with van der Waals surface area (Å²) < 4.78 is 19.6. The van der Waals surface area contributed by atoms with Crippen molar-refractivity contribution < 1.29 is 23.8 Å². The monoisotopic (exact) mass is 430 g/mol. The highest BCUT2D eigenvalue weighted by Gasteiger charge is 2.47. The van der Waals surface area contributed by atoms with Gasteiger partial charge in [0.15, 0.2) is 0 Å². The molecule has 6 nitrogen and oxygen atoms in total. The largest absolute Gasteiger partial charge is 0.507 e. The lowest BCUT2D eigenvalue weighted by molar-refractivity contribution is -0.132. The van der Waals surface area contributed by atoms with Crippen molar-refractivity contribution in [3.63, 3.8) is 0 Å². The number of aliphatic hydroxyl groups is 1. The topological polar surface area (TPSA) is 79.7 Å². The first-order valence-electron chi connectivity index (χ1n) is 10.3. The zero-order chi connectivity index (χ0) is 22.2. The Morgan fingerprint density at radius 1 is 1.09 bits per heavy atom. The fraction of sp³-hybridized carbons (Fsp3) is 0.160. The molecule has 2 aliphatic rings. The van der Waals surface area contributed by atoms with E-state index in [-0.39, 0.29) is 17.0 Å². The maximum absolute atomic E-state index is 13.9. The molecule has 0 spiro atoms. The number of carbonyl (C=O) groups excluding carboxylic acids is 2. The van der Waals surface area contributed by atoms with Gasteiger partial charge in [0.1, 0.15) is 23.4 Å². The zero-order valence-corrected chi connectivity index (χ0v) is 17.0. The van der Waals surface area contributed by atoms with Crippen LogP contribution in [0, 0.1) is 5.82 Å². The van der Waals surface area contributed by atoms with Crippen LogP contribution in [0.3, 0.4) is 0 Å². The van der Waals surface area contributed by atoms with E-state index in [2.05, 4.69) is 4.98 Å². The minimum Gasteiger partial charge on any atom is -0.507 e. The molecule has 1 saturated heterocycles. The normalized spacial score (nSPS) is 19.5. The van der Waals surface area contributed by atoms with Gasteiger partial charge >= 0.3 is 0 Å². The van der Waals surface area contributed by atoms with E-state index in [1.807, 2.05) is 0 Å². The molecule has 3 aromatic rings. The number of aryl methyl sites for hydroxylation is 1. The first-order valence-corrected chi connectivity index (χ1v) is 10.3. The SMILES string of the molecule is O=C1C(=O)N(c2cccc(F)c2)C(c2ccccn2)/C1=C(/O)c1ccc2c(c1)CCCO2. The number of aromatic nitrogens is 1. The molecule has 32 heavy (non-hydrogen) atoms. The molecule has 3 heterocycles. The number of carbonyl (C=O) groups is 2. The second-order valence-corrected chi connectivity index (χ2v) is 7.68. The maximum atomic E-state index is 13.9. The quantitative estimate of drug-likeness (QED) is 0.383. The van der Waals surface area contributed by atoms with Crippen LogP contribution in [0.15, 0.2) is 72.4 Å². The number of halogens is 1. The molecule has 1 amide bonds. The molecule has 7 heteroatoms. The van der Waals surface area contributed by atoms with Crippen molar-refractivity contribution in [2.45, 2.75) is 18.9 Å². The molecule has 0 saturated carbocycles. The average molecular weight is 430 g/mol. The van der Waals surface area contributed by atoms with Gasteiger partial charge in [0.25, 0.3) is 11.7 Å². The lowest BCUT2D eigenvalue weighted by atomic mass is 9.96. The molecule has 1 aromatic heterocycles. The summed E-state index contributed by atoms with van der Waals surface area (Å²) in [5.74, 6) is -1.80. The van der Waals surface area contributed by atoms with Crippen LogP contribution >= 0.6 is 0 Å². The number of amides is 1. The third-order valence-electron chi connectivity index (χ3n) is 5.68. The average Bonchev–Trinajstić information content (AvgIpc) is 3.09. The van der Waals surface area contributed by atoms with Gasteiger partial charge in [-0.2, -0.15) is 0 Å². The summed E-state index contributed by atoms with van der Waals surface area (Å²) in [6.07, 6.45) is 3.18. The van der Waals surface area contributed by atoms with Crippen LogP contribution in [0.4, 0.5) is 10.1 Å². The molecule has 0 bridgehead atoms. The number of ketones is 1. The van der Waals surface area contributed by atoms with Gasteiger partial charge in [0, 0.05) is 17.4 Å². The van der Waals surface area contributed by atoms with Crippen LogP contribution in [0.25, 0.3) is 5.76 Å². The highest BCUT2D eigenvalue weighted by Crippen LogP contribution is 2.42. The molecule has 0 aliphatic carbocycles. The first kappa shape index (κ1) is 19.9. The Balaban J connectivity index is 1.69. The van der Waals surface area contributed by atoms with Crippen molar-refractivity contribution in [2.75, 3.05) is 11.5 Å². The summed E-state index contributed by atoms with van der Waals surface area (Å²) in [4.78, 5) is 31.6. The Hall–Kier alpha value is -4.00. The van der Waals surface area contributed by atoms with Crippen LogP contribution in [-0.2, 0) is 16.0 Å². The number of hydrogen-bond donors (Lipinski definition) is 1. The molecule has 1 N–H and O–H groups in total. The fourth-order valence-corrected chi connectivity index (χ4v) is 4.21. The third kappa shape index (κ3) is 3.32. The third-order valence-corrected chi connectivity index (χ3v) is 5.68. The van der Waals surface area contributed by atoms with Crippen LogP contribution in [0.2, 0.25) is 0 Å². The Labute approximate surface area is 183 Å². The summed E-state index contributed by atoms with van der Waals surface area (Å²) in [7, 11) is 0. The van der Waals surface area contributed by atoms with Crippen LogP contribution in [0.5, 0.6) is 5.75 Å². The summed E-state index contributed by atoms with van der Waals surface area (Å²) in [6, 6.07) is 14.7. The van der Waals surface area contributed by atoms with E-state index in [0.717, 1.165) is 24.2 Å².